The molecule has 3 rings (SSSR count). The summed E-state index contributed by atoms with van der Waals surface area (Å²) in [6, 6.07) is 6.05. The zero-order valence-electron chi connectivity index (χ0n) is 13.9. The van der Waals surface area contributed by atoms with Crippen LogP contribution in [0.2, 0.25) is 0 Å². The van der Waals surface area contributed by atoms with Crippen LogP contribution in [-0.2, 0) is 4.79 Å². The highest BCUT2D eigenvalue weighted by Crippen LogP contribution is 2.34. The zero-order chi connectivity index (χ0) is 17.1. The number of carbonyl (C=O) groups is 1. The molecule has 2 unspecified atom stereocenters. The van der Waals surface area contributed by atoms with Crippen LogP contribution < -0.4 is 15.4 Å². The second-order valence-corrected chi connectivity index (χ2v) is 6.97. The van der Waals surface area contributed by atoms with Gasteiger partial charge in [0.15, 0.2) is 0 Å². The first-order valence-electron chi connectivity index (χ1n) is 8.24. The molecule has 1 aromatic carbocycles. The number of hydrogen-bond donors (Lipinski definition) is 2. The Morgan fingerprint density at radius 3 is 2.88 bits per heavy atom. The van der Waals surface area contributed by atoms with Gasteiger partial charge in [0.1, 0.15) is 5.75 Å². The van der Waals surface area contributed by atoms with Crippen LogP contribution in [0.1, 0.15) is 25.7 Å². The number of hydrogen-bond acceptors (Lipinski definition) is 4. The molecule has 2 N–H and O–H groups in total. The number of ether oxygens (including phenoxy) is 1. The van der Waals surface area contributed by atoms with Crippen LogP contribution in [0.25, 0.3) is 10.9 Å². The minimum absolute atomic E-state index is 0.00801. The first kappa shape index (κ1) is 17.0. The summed E-state index contributed by atoms with van der Waals surface area (Å²) >= 11 is 3.54. The number of carbonyl (C=O) groups excluding carboxylic acids is 1. The van der Waals surface area contributed by atoms with E-state index in [2.05, 4.69) is 31.5 Å². The molecule has 1 amide bonds. The lowest BCUT2D eigenvalue weighted by Crippen LogP contribution is -2.41. The fourth-order valence-electron chi connectivity index (χ4n) is 3.43. The molecule has 1 aliphatic rings. The van der Waals surface area contributed by atoms with Crippen LogP contribution in [0.3, 0.4) is 0 Å². The van der Waals surface area contributed by atoms with E-state index in [1.54, 1.807) is 20.4 Å². The molecule has 6 heteroatoms. The molecule has 5 nitrogen and oxygen atoms in total. The monoisotopic (exact) mass is 391 g/mol. The summed E-state index contributed by atoms with van der Waals surface area (Å²) in [5, 5.41) is 7.41. The van der Waals surface area contributed by atoms with E-state index in [1.807, 2.05) is 18.2 Å². The van der Waals surface area contributed by atoms with Crippen LogP contribution in [0, 0.1) is 5.92 Å². The van der Waals surface area contributed by atoms with E-state index in [0.29, 0.717) is 0 Å². The van der Waals surface area contributed by atoms with Crippen molar-refractivity contribution in [3.05, 3.63) is 28.9 Å². The highest BCUT2D eigenvalue weighted by atomic mass is 79.9. The second kappa shape index (κ2) is 7.38. The van der Waals surface area contributed by atoms with Crippen LogP contribution in [0.15, 0.2) is 28.9 Å². The molecule has 1 heterocycles. The van der Waals surface area contributed by atoms with Gasteiger partial charge in [0.2, 0.25) is 5.91 Å². The largest absolute Gasteiger partial charge is 0.495 e. The lowest BCUT2D eigenvalue weighted by Gasteiger charge is -2.32. The number of fused-ring (bicyclic) bond motifs is 1. The summed E-state index contributed by atoms with van der Waals surface area (Å²) in [5.74, 6) is 0.884. The Kier molecular flexibility index (Phi) is 5.23. The van der Waals surface area contributed by atoms with Crippen molar-refractivity contribution in [2.45, 2.75) is 31.7 Å². The van der Waals surface area contributed by atoms with Gasteiger partial charge in [-0.1, -0.05) is 12.8 Å². The molecule has 2 atom stereocenters. The van der Waals surface area contributed by atoms with Gasteiger partial charge in [0.05, 0.1) is 23.0 Å². The van der Waals surface area contributed by atoms with Crippen molar-refractivity contribution in [3.8, 4) is 5.75 Å². The van der Waals surface area contributed by atoms with Gasteiger partial charge in [0.25, 0.3) is 0 Å². The SMILES string of the molecule is CNC(=O)C1CCCCC1Nc1ccnc2cc(OC)c(Br)cc12. The van der Waals surface area contributed by atoms with E-state index in [0.717, 1.165) is 52.5 Å². The normalized spacial score (nSPS) is 20.6. The molecule has 0 radical (unpaired) electrons. The highest BCUT2D eigenvalue weighted by molar-refractivity contribution is 9.10. The predicted octanol–water partition coefficient (Wildman–Crippen LogP) is 3.72. The molecular weight excluding hydrogens is 370 g/mol. The standard InChI is InChI=1S/C18H22BrN3O2/c1-20-18(23)11-5-3-4-6-14(11)22-15-7-8-21-16-10-17(24-2)13(19)9-12(15)16/h7-11,14H,3-6H2,1-2H3,(H,20,23)(H,21,22). The summed E-state index contributed by atoms with van der Waals surface area (Å²) < 4.78 is 6.23. The number of rotatable bonds is 4. The maximum absolute atomic E-state index is 12.2. The minimum atomic E-state index is 0.00801. The van der Waals surface area contributed by atoms with Crippen LogP contribution in [0.4, 0.5) is 5.69 Å². The molecule has 0 saturated heterocycles. The molecule has 0 spiro atoms. The number of aromatic nitrogens is 1. The van der Waals surface area contributed by atoms with Crippen molar-refractivity contribution in [3.63, 3.8) is 0 Å². The Morgan fingerprint density at radius 1 is 1.33 bits per heavy atom. The summed E-state index contributed by atoms with van der Waals surface area (Å²) in [7, 11) is 3.35. The average molecular weight is 392 g/mol. The Hall–Kier alpha value is -1.82. The van der Waals surface area contributed by atoms with Gasteiger partial charge in [-0.05, 0) is 40.9 Å². The van der Waals surface area contributed by atoms with E-state index in [-0.39, 0.29) is 17.9 Å². The Balaban J connectivity index is 1.94. The first-order chi connectivity index (χ1) is 11.6. The number of pyridine rings is 1. The first-order valence-corrected chi connectivity index (χ1v) is 9.03. The van der Waals surface area contributed by atoms with E-state index < -0.39 is 0 Å². The third-order valence-corrected chi connectivity index (χ3v) is 5.32. The van der Waals surface area contributed by atoms with E-state index >= 15 is 0 Å². The maximum atomic E-state index is 12.2. The van der Waals surface area contributed by atoms with Gasteiger partial charge in [-0.15, -0.1) is 0 Å². The van der Waals surface area contributed by atoms with E-state index in [9.17, 15) is 4.79 Å². The van der Waals surface area contributed by atoms with Gasteiger partial charge >= 0.3 is 0 Å². The number of nitrogens with one attached hydrogen (secondary N) is 2. The van der Waals surface area contributed by atoms with E-state index in [1.165, 1.54) is 0 Å². The van der Waals surface area contributed by atoms with Gasteiger partial charge in [0, 0.05) is 36.4 Å². The summed E-state index contributed by atoms with van der Waals surface area (Å²) in [6.45, 7) is 0. The summed E-state index contributed by atoms with van der Waals surface area (Å²) in [5.41, 5.74) is 1.87. The van der Waals surface area contributed by atoms with Crippen molar-refractivity contribution in [2.75, 3.05) is 19.5 Å². The van der Waals surface area contributed by atoms with Crippen molar-refractivity contribution < 1.29 is 9.53 Å². The zero-order valence-corrected chi connectivity index (χ0v) is 15.5. The molecule has 1 aromatic heterocycles. The van der Waals surface area contributed by atoms with Gasteiger partial charge in [-0.25, -0.2) is 0 Å². The van der Waals surface area contributed by atoms with Crippen molar-refractivity contribution >= 4 is 38.4 Å². The highest BCUT2D eigenvalue weighted by Gasteiger charge is 2.30. The molecule has 0 bridgehead atoms. The van der Waals surface area contributed by atoms with Crippen molar-refractivity contribution in [1.82, 2.24) is 10.3 Å². The van der Waals surface area contributed by atoms with E-state index in [4.69, 9.17) is 4.74 Å². The lowest BCUT2D eigenvalue weighted by molar-refractivity contribution is -0.125. The lowest BCUT2D eigenvalue weighted by atomic mass is 9.83. The predicted molar refractivity (Wildman–Crippen MR) is 99.4 cm³/mol. The number of amides is 1. The average Bonchev–Trinajstić information content (AvgIpc) is 2.61. The van der Waals surface area contributed by atoms with Gasteiger partial charge < -0.3 is 15.4 Å². The molecular formula is C18H22BrN3O2. The van der Waals surface area contributed by atoms with Crippen LogP contribution in [-0.4, -0.2) is 31.1 Å². The number of benzene rings is 1. The van der Waals surface area contributed by atoms with Gasteiger partial charge in [-0.3, -0.25) is 9.78 Å². The molecule has 128 valence electrons. The number of methoxy groups -OCH3 is 1. The number of halogens is 1. The fraction of sp³-hybridized carbons (Fsp3) is 0.444. The molecule has 0 aliphatic heterocycles. The summed E-state index contributed by atoms with van der Waals surface area (Å²) in [6.07, 6.45) is 5.97. The molecule has 1 fully saturated rings. The summed E-state index contributed by atoms with van der Waals surface area (Å²) in [4.78, 5) is 16.6. The Labute approximate surface area is 150 Å². The smallest absolute Gasteiger partial charge is 0.224 e. The molecule has 24 heavy (non-hydrogen) atoms. The Morgan fingerprint density at radius 2 is 2.12 bits per heavy atom. The second-order valence-electron chi connectivity index (χ2n) is 6.12. The van der Waals surface area contributed by atoms with Crippen LogP contribution in [0.5, 0.6) is 5.75 Å². The number of anilines is 1. The quantitative estimate of drug-likeness (QED) is 0.833. The third kappa shape index (κ3) is 3.34. The van der Waals surface area contributed by atoms with Crippen LogP contribution >= 0.6 is 15.9 Å². The van der Waals surface area contributed by atoms with Gasteiger partial charge in [-0.2, -0.15) is 0 Å². The molecule has 1 aliphatic carbocycles. The van der Waals surface area contributed by atoms with Crippen molar-refractivity contribution in [2.24, 2.45) is 5.92 Å². The van der Waals surface area contributed by atoms with Crippen molar-refractivity contribution in [1.29, 1.82) is 0 Å². The Bertz CT molecular complexity index is 750. The molecule has 1 saturated carbocycles. The molecule has 2 aromatic rings. The minimum Gasteiger partial charge on any atom is -0.495 e. The topological polar surface area (TPSA) is 63.2 Å². The maximum Gasteiger partial charge on any atom is 0.224 e. The third-order valence-electron chi connectivity index (χ3n) is 4.71. The number of nitrogens with zero attached hydrogens (tertiary/aromatic N) is 1. The fourth-order valence-corrected chi connectivity index (χ4v) is 3.94.